The third-order valence-electron chi connectivity index (χ3n) is 4.62. The van der Waals surface area contributed by atoms with Crippen LogP contribution in [0.2, 0.25) is 0 Å². The van der Waals surface area contributed by atoms with E-state index >= 15 is 0 Å². The lowest BCUT2D eigenvalue weighted by Gasteiger charge is -2.23. The van der Waals surface area contributed by atoms with E-state index in [4.69, 9.17) is 0 Å². The van der Waals surface area contributed by atoms with Crippen molar-refractivity contribution in [1.29, 1.82) is 0 Å². The van der Waals surface area contributed by atoms with Gasteiger partial charge < -0.3 is 5.32 Å². The number of rotatable bonds is 5. The second kappa shape index (κ2) is 7.09. The Kier molecular flexibility index (Phi) is 4.89. The summed E-state index contributed by atoms with van der Waals surface area (Å²) < 4.78 is 1.91. The average Bonchev–Trinajstić information content (AvgIpc) is 3.15. The van der Waals surface area contributed by atoms with Gasteiger partial charge in [-0.1, -0.05) is 0 Å². The molecule has 1 amide bonds. The van der Waals surface area contributed by atoms with Crippen LogP contribution in [-0.4, -0.2) is 37.1 Å². The number of aromatic nitrogens is 4. The molecule has 7 nitrogen and oxygen atoms in total. The van der Waals surface area contributed by atoms with Crippen molar-refractivity contribution in [2.24, 2.45) is 7.05 Å². The smallest absolute Gasteiger partial charge is 0.217 e. The molecule has 0 bridgehead atoms. The molecule has 0 aliphatic carbocycles. The van der Waals surface area contributed by atoms with Crippen LogP contribution < -0.4 is 5.32 Å². The Hall–Kier alpha value is -2.28. The summed E-state index contributed by atoms with van der Waals surface area (Å²) in [5.41, 5.74) is 3.29. The monoisotopic (exact) mass is 328 g/mol. The Labute approximate surface area is 142 Å². The van der Waals surface area contributed by atoms with Crippen LogP contribution in [0.15, 0.2) is 18.5 Å². The minimum Gasteiger partial charge on any atom is -0.351 e. The molecule has 0 unspecified atom stereocenters. The molecular weight excluding hydrogens is 304 g/mol. The highest BCUT2D eigenvalue weighted by Gasteiger charge is 2.29. The molecule has 7 heteroatoms. The van der Waals surface area contributed by atoms with Crippen LogP contribution in [0.4, 0.5) is 0 Å². The second-order valence-corrected chi connectivity index (χ2v) is 6.32. The maximum absolute atomic E-state index is 11.1. The maximum Gasteiger partial charge on any atom is 0.217 e. The van der Waals surface area contributed by atoms with E-state index in [-0.39, 0.29) is 11.9 Å². The molecule has 3 heterocycles. The highest BCUT2D eigenvalue weighted by atomic mass is 16.1. The number of nitrogens with zero attached hydrogens (tertiary/aromatic N) is 5. The Morgan fingerprint density at radius 1 is 1.46 bits per heavy atom. The van der Waals surface area contributed by atoms with Gasteiger partial charge in [0.1, 0.15) is 5.82 Å². The van der Waals surface area contributed by atoms with Gasteiger partial charge in [0.25, 0.3) is 0 Å². The number of likely N-dealkylation sites (tertiary alicyclic amines) is 1. The van der Waals surface area contributed by atoms with Gasteiger partial charge in [0, 0.05) is 38.0 Å². The van der Waals surface area contributed by atoms with Crippen LogP contribution >= 0.6 is 0 Å². The molecular formula is C17H24N6O. The molecule has 1 aliphatic rings. The van der Waals surface area contributed by atoms with Gasteiger partial charge >= 0.3 is 0 Å². The zero-order chi connectivity index (χ0) is 17.1. The average molecular weight is 328 g/mol. The zero-order valence-electron chi connectivity index (χ0n) is 14.5. The molecule has 128 valence electrons. The van der Waals surface area contributed by atoms with Gasteiger partial charge in [-0.05, 0) is 32.4 Å². The van der Waals surface area contributed by atoms with Crippen LogP contribution in [0.1, 0.15) is 48.6 Å². The lowest BCUT2D eigenvalue weighted by Crippen LogP contribution is -2.25. The zero-order valence-corrected chi connectivity index (χ0v) is 14.5. The standard InChI is InChI=1S/C17H24N6O/c1-12-14(9-20-22(12)3)11-23-8-4-5-16(23)17-18-7-6-15(21-17)10-19-13(2)24/h6-7,9,16H,4-5,8,10-11H2,1-3H3,(H,19,24)/t16-/m0/s1. The van der Waals surface area contributed by atoms with E-state index in [1.165, 1.54) is 18.2 Å². The molecule has 0 saturated carbocycles. The molecule has 1 aliphatic heterocycles. The molecule has 1 fully saturated rings. The highest BCUT2D eigenvalue weighted by Crippen LogP contribution is 2.31. The largest absolute Gasteiger partial charge is 0.351 e. The normalized spacial score (nSPS) is 18.0. The topological polar surface area (TPSA) is 75.9 Å². The van der Waals surface area contributed by atoms with Crippen LogP contribution in [0.5, 0.6) is 0 Å². The number of aryl methyl sites for hydroxylation is 1. The number of hydrogen-bond donors (Lipinski definition) is 1. The third-order valence-corrected chi connectivity index (χ3v) is 4.62. The predicted octanol–water partition coefficient (Wildman–Crippen LogP) is 1.49. The SMILES string of the molecule is CC(=O)NCc1ccnc([C@@H]2CCCN2Cc2cnn(C)c2C)n1. The fourth-order valence-corrected chi connectivity index (χ4v) is 3.11. The van der Waals surface area contributed by atoms with Gasteiger partial charge in [-0.3, -0.25) is 14.4 Å². The Balaban J connectivity index is 1.74. The third kappa shape index (κ3) is 3.62. The van der Waals surface area contributed by atoms with E-state index in [1.54, 1.807) is 6.20 Å². The van der Waals surface area contributed by atoms with Crippen molar-refractivity contribution in [3.05, 3.63) is 41.2 Å². The summed E-state index contributed by atoms with van der Waals surface area (Å²) in [5, 5.41) is 7.12. The number of hydrogen-bond acceptors (Lipinski definition) is 5. The van der Waals surface area contributed by atoms with Gasteiger partial charge in [-0.25, -0.2) is 9.97 Å². The van der Waals surface area contributed by atoms with E-state index in [0.29, 0.717) is 6.54 Å². The molecule has 2 aromatic heterocycles. The molecule has 0 aromatic carbocycles. The van der Waals surface area contributed by atoms with Crippen molar-refractivity contribution >= 4 is 5.91 Å². The fourth-order valence-electron chi connectivity index (χ4n) is 3.11. The minimum atomic E-state index is -0.0512. The second-order valence-electron chi connectivity index (χ2n) is 6.32. The molecule has 3 rings (SSSR count). The van der Waals surface area contributed by atoms with Crippen molar-refractivity contribution in [1.82, 2.24) is 30.0 Å². The molecule has 1 N–H and O–H groups in total. The fraction of sp³-hybridized carbons (Fsp3) is 0.529. The minimum absolute atomic E-state index is 0.0512. The summed E-state index contributed by atoms with van der Waals surface area (Å²) in [6.07, 6.45) is 5.93. The first-order chi connectivity index (χ1) is 11.5. The summed E-state index contributed by atoms with van der Waals surface area (Å²) in [6, 6.07) is 2.08. The summed E-state index contributed by atoms with van der Waals surface area (Å²) in [4.78, 5) is 22.6. The van der Waals surface area contributed by atoms with E-state index in [2.05, 4.69) is 32.2 Å². The van der Waals surface area contributed by atoms with E-state index in [9.17, 15) is 4.79 Å². The summed E-state index contributed by atoms with van der Waals surface area (Å²) in [5.74, 6) is 0.793. The lowest BCUT2D eigenvalue weighted by atomic mass is 10.2. The first kappa shape index (κ1) is 16.6. The van der Waals surface area contributed by atoms with Crippen LogP contribution in [0, 0.1) is 6.92 Å². The van der Waals surface area contributed by atoms with Gasteiger partial charge in [0.15, 0.2) is 0 Å². The number of nitrogens with one attached hydrogen (secondary N) is 1. The Morgan fingerprint density at radius 3 is 3.00 bits per heavy atom. The quantitative estimate of drug-likeness (QED) is 0.900. The van der Waals surface area contributed by atoms with Crippen LogP contribution in [0.25, 0.3) is 0 Å². The van der Waals surface area contributed by atoms with Crippen molar-refractivity contribution in [3.63, 3.8) is 0 Å². The maximum atomic E-state index is 11.1. The molecule has 1 atom stereocenters. The Bertz CT molecular complexity index is 726. The van der Waals surface area contributed by atoms with Gasteiger partial charge in [0.2, 0.25) is 5.91 Å². The van der Waals surface area contributed by atoms with Crippen molar-refractivity contribution in [2.75, 3.05) is 6.54 Å². The van der Waals surface area contributed by atoms with Crippen molar-refractivity contribution in [3.8, 4) is 0 Å². The lowest BCUT2D eigenvalue weighted by molar-refractivity contribution is -0.119. The van der Waals surface area contributed by atoms with Crippen LogP contribution in [0.3, 0.4) is 0 Å². The van der Waals surface area contributed by atoms with E-state index in [1.807, 2.05) is 24.0 Å². The van der Waals surface area contributed by atoms with E-state index in [0.717, 1.165) is 37.4 Å². The molecule has 0 spiro atoms. The van der Waals surface area contributed by atoms with Gasteiger partial charge in [0.05, 0.1) is 24.5 Å². The Morgan fingerprint density at radius 2 is 2.29 bits per heavy atom. The van der Waals surface area contributed by atoms with Gasteiger partial charge in [-0.2, -0.15) is 5.10 Å². The summed E-state index contributed by atoms with van der Waals surface area (Å²) in [7, 11) is 1.97. The number of carbonyl (C=O) groups excluding carboxylic acids is 1. The molecule has 2 aromatic rings. The molecule has 1 saturated heterocycles. The first-order valence-corrected chi connectivity index (χ1v) is 8.32. The van der Waals surface area contributed by atoms with Crippen LogP contribution in [-0.2, 0) is 24.9 Å². The summed E-state index contributed by atoms with van der Waals surface area (Å²) in [6.45, 7) is 5.95. The van der Waals surface area contributed by atoms with E-state index < -0.39 is 0 Å². The van der Waals surface area contributed by atoms with Gasteiger partial charge in [-0.15, -0.1) is 0 Å². The van der Waals surface area contributed by atoms with Crippen molar-refractivity contribution < 1.29 is 4.79 Å². The molecule has 0 radical (unpaired) electrons. The van der Waals surface area contributed by atoms with Crippen molar-refractivity contribution in [2.45, 2.75) is 45.8 Å². The molecule has 24 heavy (non-hydrogen) atoms. The highest BCUT2D eigenvalue weighted by molar-refractivity contribution is 5.72. The first-order valence-electron chi connectivity index (χ1n) is 8.32. The predicted molar refractivity (Wildman–Crippen MR) is 89.9 cm³/mol. The number of carbonyl (C=O) groups is 1. The summed E-state index contributed by atoms with van der Waals surface area (Å²) >= 11 is 0. The number of amides is 1.